The van der Waals surface area contributed by atoms with Crippen LogP contribution in [-0.4, -0.2) is 22.4 Å². The number of benzene rings is 2. The van der Waals surface area contributed by atoms with E-state index >= 15 is 0 Å². The molecule has 3 N–H and O–H groups in total. The minimum Gasteiger partial charge on any atom is -0.323 e. The number of amides is 1. The molecular formula is C17H17BrCl3N2O+. The fourth-order valence-corrected chi connectivity index (χ4v) is 2.86. The molecule has 2 aromatic rings. The molecule has 1 amide bonds. The summed E-state index contributed by atoms with van der Waals surface area (Å²) in [5, 5.41) is 4.60. The van der Waals surface area contributed by atoms with E-state index < -0.39 is 9.96 Å². The second-order valence-electron chi connectivity index (χ2n) is 5.26. The first-order valence-electron chi connectivity index (χ1n) is 7.36. The molecule has 0 fully saturated rings. The molecule has 2 aromatic carbocycles. The first kappa shape index (κ1) is 19.5. The maximum atomic E-state index is 12.3. The van der Waals surface area contributed by atoms with Crippen LogP contribution < -0.4 is 10.6 Å². The Bertz CT molecular complexity index is 660. The predicted molar refractivity (Wildman–Crippen MR) is 103 cm³/mol. The Kier molecular flexibility index (Phi) is 7.38. The summed E-state index contributed by atoms with van der Waals surface area (Å²) in [5.74, 6) is -0.283. The van der Waals surface area contributed by atoms with Crippen LogP contribution in [0.2, 0.25) is 0 Å². The molecule has 128 valence electrons. The lowest BCUT2D eigenvalue weighted by Gasteiger charge is -2.23. The number of nitrogens with one attached hydrogen (secondary N) is 1. The van der Waals surface area contributed by atoms with Crippen molar-refractivity contribution < 1.29 is 10.1 Å². The second kappa shape index (κ2) is 9.07. The van der Waals surface area contributed by atoms with Crippen LogP contribution in [0.3, 0.4) is 0 Å². The average molecular weight is 452 g/mol. The van der Waals surface area contributed by atoms with E-state index in [0.29, 0.717) is 12.1 Å². The molecule has 7 heteroatoms. The summed E-state index contributed by atoms with van der Waals surface area (Å²) in [6, 6.07) is 17.0. The van der Waals surface area contributed by atoms with Crippen molar-refractivity contribution in [3.8, 4) is 0 Å². The zero-order chi connectivity index (χ0) is 17.6. The third kappa shape index (κ3) is 6.26. The molecule has 1 atom stereocenters. The summed E-state index contributed by atoms with van der Waals surface area (Å²) < 4.78 is -0.715. The van der Waals surface area contributed by atoms with Crippen LogP contribution in [0.1, 0.15) is 15.9 Å². The molecule has 3 nitrogen and oxygen atoms in total. The van der Waals surface area contributed by atoms with Crippen molar-refractivity contribution in [2.45, 2.75) is 16.4 Å². The number of alkyl halides is 3. The van der Waals surface area contributed by atoms with Crippen molar-refractivity contribution in [2.24, 2.45) is 0 Å². The zero-order valence-corrected chi connectivity index (χ0v) is 16.5. The summed E-state index contributed by atoms with van der Waals surface area (Å²) in [6.45, 7) is 0.684. The van der Waals surface area contributed by atoms with Gasteiger partial charge >= 0.3 is 0 Å². The molecule has 0 radical (unpaired) electrons. The monoisotopic (exact) mass is 449 g/mol. The fraction of sp³-hybridized carbons (Fsp3) is 0.235. The third-order valence-electron chi connectivity index (χ3n) is 3.42. The van der Waals surface area contributed by atoms with Crippen molar-refractivity contribution in [1.29, 1.82) is 0 Å². The van der Waals surface area contributed by atoms with Crippen LogP contribution in [0, 0.1) is 0 Å². The molecule has 0 spiro atoms. The lowest BCUT2D eigenvalue weighted by molar-refractivity contribution is -0.691. The summed E-state index contributed by atoms with van der Waals surface area (Å²) in [5.41, 5.74) is 1.70. The smallest absolute Gasteiger partial charge is 0.262 e. The maximum Gasteiger partial charge on any atom is 0.262 e. The Morgan fingerprint density at radius 3 is 2.29 bits per heavy atom. The van der Waals surface area contributed by atoms with Gasteiger partial charge in [0.1, 0.15) is 0 Å². The molecule has 0 saturated heterocycles. The van der Waals surface area contributed by atoms with Crippen molar-refractivity contribution >= 4 is 56.6 Å². The quantitative estimate of drug-likeness (QED) is 0.511. The largest absolute Gasteiger partial charge is 0.323 e. The number of halogens is 4. The highest BCUT2D eigenvalue weighted by Crippen LogP contribution is 2.27. The van der Waals surface area contributed by atoms with Crippen LogP contribution in [0.5, 0.6) is 0 Å². The Balaban J connectivity index is 1.95. The summed E-state index contributed by atoms with van der Waals surface area (Å²) in [6.07, 6.45) is 0.133. The lowest BCUT2D eigenvalue weighted by Crippen LogP contribution is -2.96. The van der Waals surface area contributed by atoms with Gasteiger partial charge in [-0.15, -0.1) is 0 Å². The maximum absolute atomic E-state index is 12.3. The van der Waals surface area contributed by atoms with Gasteiger partial charge in [-0.05, 0) is 29.8 Å². The van der Waals surface area contributed by atoms with E-state index in [-0.39, 0.29) is 5.91 Å². The molecule has 0 aliphatic heterocycles. The van der Waals surface area contributed by atoms with Crippen LogP contribution in [-0.2, 0) is 6.42 Å². The van der Waals surface area contributed by atoms with Crippen molar-refractivity contribution in [2.75, 3.05) is 6.54 Å². The molecule has 1 unspecified atom stereocenters. The number of rotatable bonds is 6. The van der Waals surface area contributed by atoms with E-state index in [9.17, 15) is 4.79 Å². The van der Waals surface area contributed by atoms with Gasteiger partial charge < -0.3 is 5.32 Å². The molecular weight excluding hydrogens is 434 g/mol. The van der Waals surface area contributed by atoms with Gasteiger partial charge in [0.05, 0.1) is 6.54 Å². The van der Waals surface area contributed by atoms with Gasteiger partial charge in [0, 0.05) is 16.5 Å². The van der Waals surface area contributed by atoms with Gasteiger partial charge in [-0.2, -0.15) is 0 Å². The van der Waals surface area contributed by atoms with Gasteiger partial charge in [0.15, 0.2) is 0 Å². The summed E-state index contributed by atoms with van der Waals surface area (Å²) >= 11 is 21.4. The Morgan fingerprint density at radius 1 is 1.08 bits per heavy atom. The van der Waals surface area contributed by atoms with Crippen molar-refractivity contribution in [3.05, 3.63) is 70.2 Å². The Labute approximate surface area is 164 Å². The molecule has 0 bridgehead atoms. The predicted octanol–water partition coefficient (Wildman–Crippen LogP) is 3.68. The third-order valence-corrected chi connectivity index (χ3v) is 4.66. The standard InChI is InChI=1S/C17H16BrCl3N2O/c18-14-8-6-13(7-9-14)15(24)23-16(17(19,20)21)22-11-10-12-4-2-1-3-5-12/h1-9,16,22H,10-11H2,(H,23,24)/p+1. The molecule has 2 rings (SSSR count). The van der Waals surface area contributed by atoms with E-state index in [1.165, 1.54) is 5.56 Å². The summed E-state index contributed by atoms with van der Waals surface area (Å²) in [7, 11) is 0. The molecule has 0 heterocycles. The van der Waals surface area contributed by atoms with Gasteiger partial charge in [0.2, 0.25) is 6.17 Å². The first-order valence-corrected chi connectivity index (χ1v) is 9.29. The number of carbonyl (C=O) groups excluding carboxylic acids is 1. The van der Waals surface area contributed by atoms with Crippen LogP contribution in [0.25, 0.3) is 0 Å². The number of nitrogens with two attached hydrogens (primary N) is 1. The van der Waals surface area contributed by atoms with Crippen molar-refractivity contribution in [3.63, 3.8) is 0 Å². The minimum absolute atomic E-state index is 0.283. The zero-order valence-electron chi connectivity index (χ0n) is 12.7. The normalized spacial score (nSPS) is 12.7. The van der Waals surface area contributed by atoms with E-state index in [1.54, 1.807) is 24.3 Å². The van der Waals surface area contributed by atoms with E-state index in [4.69, 9.17) is 34.8 Å². The van der Waals surface area contributed by atoms with Gasteiger partial charge in [0.25, 0.3) is 9.70 Å². The van der Waals surface area contributed by atoms with Gasteiger partial charge in [-0.25, -0.2) is 0 Å². The summed E-state index contributed by atoms with van der Waals surface area (Å²) in [4.78, 5) is 12.3. The number of quaternary nitrogens is 1. The Hall–Kier alpha value is -0.780. The highest BCUT2D eigenvalue weighted by atomic mass is 79.9. The minimum atomic E-state index is -1.61. The SMILES string of the molecule is O=C(NC([NH2+]CCc1ccccc1)C(Cl)(Cl)Cl)c1ccc(Br)cc1. The van der Waals surface area contributed by atoms with E-state index in [2.05, 4.69) is 21.2 Å². The van der Waals surface area contributed by atoms with E-state index in [0.717, 1.165) is 10.9 Å². The fourth-order valence-electron chi connectivity index (χ4n) is 2.16. The van der Waals surface area contributed by atoms with E-state index in [1.807, 2.05) is 35.6 Å². The van der Waals surface area contributed by atoms with Crippen LogP contribution in [0.15, 0.2) is 59.1 Å². The van der Waals surface area contributed by atoms with Crippen LogP contribution in [0.4, 0.5) is 0 Å². The molecule has 0 aromatic heterocycles. The van der Waals surface area contributed by atoms with Crippen molar-refractivity contribution in [1.82, 2.24) is 5.32 Å². The van der Waals surface area contributed by atoms with Gasteiger partial charge in [-0.1, -0.05) is 81.1 Å². The lowest BCUT2D eigenvalue weighted by atomic mass is 10.1. The topological polar surface area (TPSA) is 45.7 Å². The number of hydrogen-bond donors (Lipinski definition) is 2. The van der Waals surface area contributed by atoms with Gasteiger partial charge in [-0.3, -0.25) is 10.1 Å². The Morgan fingerprint density at radius 2 is 1.71 bits per heavy atom. The highest BCUT2D eigenvalue weighted by molar-refractivity contribution is 9.10. The molecule has 0 aliphatic carbocycles. The highest BCUT2D eigenvalue weighted by Gasteiger charge is 2.37. The second-order valence-corrected chi connectivity index (χ2v) is 8.54. The first-order chi connectivity index (χ1) is 11.4. The molecule has 24 heavy (non-hydrogen) atoms. The number of hydrogen-bond acceptors (Lipinski definition) is 1. The van der Waals surface area contributed by atoms with Crippen LogP contribution >= 0.6 is 50.7 Å². The molecule has 0 saturated carbocycles. The molecule has 0 aliphatic rings. The average Bonchev–Trinajstić information content (AvgIpc) is 2.54. The number of carbonyl (C=O) groups is 1.